The summed E-state index contributed by atoms with van der Waals surface area (Å²) in [6, 6.07) is 2.25. The Morgan fingerprint density at radius 1 is 1.50 bits per heavy atom. The number of piperidine rings is 1. The van der Waals surface area contributed by atoms with Crippen molar-refractivity contribution in [2.75, 3.05) is 26.7 Å². The fraction of sp³-hybridized carbons (Fsp3) is 0.727. The van der Waals surface area contributed by atoms with Gasteiger partial charge in [-0.2, -0.15) is 5.26 Å². The fourth-order valence-electron chi connectivity index (χ4n) is 1.72. The molecular weight excluding hydrogens is 176 g/mol. The third-order valence-corrected chi connectivity index (χ3v) is 2.83. The lowest BCUT2D eigenvalue weighted by Crippen LogP contribution is -2.44. The van der Waals surface area contributed by atoms with E-state index in [-0.39, 0.29) is 0 Å². The van der Waals surface area contributed by atoms with Gasteiger partial charge in [0.1, 0.15) is 0 Å². The first-order chi connectivity index (χ1) is 6.76. The van der Waals surface area contributed by atoms with Gasteiger partial charge in [0.25, 0.3) is 0 Å². The SMILES string of the molecule is C#CCCN1CCC(C#N)(OC)CC1. The number of hydrogen-bond acceptors (Lipinski definition) is 3. The van der Waals surface area contributed by atoms with Gasteiger partial charge < -0.3 is 9.64 Å². The quantitative estimate of drug-likeness (QED) is 0.626. The molecule has 0 atom stereocenters. The average Bonchev–Trinajstić information content (AvgIpc) is 2.27. The van der Waals surface area contributed by atoms with E-state index < -0.39 is 5.60 Å². The molecule has 76 valence electrons. The maximum Gasteiger partial charge on any atom is 0.156 e. The van der Waals surface area contributed by atoms with Crippen LogP contribution in [0.25, 0.3) is 0 Å². The van der Waals surface area contributed by atoms with Crippen molar-refractivity contribution in [3.63, 3.8) is 0 Å². The fourth-order valence-corrected chi connectivity index (χ4v) is 1.72. The smallest absolute Gasteiger partial charge is 0.156 e. The summed E-state index contributed by atoms with van der Waals surface area (Å²) in [5.74, 6) is 2.63. The van der Waals surface area contributed by atoms with E-state index in [4.69, 9.17) is 16.4 Å². The molecule has 0 spiro atoms. The van der Waals surface area contributed by atoms with E-state index >= 15 is 0 Å². The highest BCUT2D eigenvalue weighted by Crippen LogP contribution is 2.24. The van der Waals surface area contributed by atoms with Crippen LogP contribution in [0.15, 0.2) is 0 Å². The van der Waals surface area contributed by atoms with Crippen molar-refractivity contribution < 1.29 is 4.74 Å². The summed E-state index contributed by atoms with van der Waals surface area (Å²) < 4.78 is 5.25. The van der Waals surface area contributed by atoms with Gasteiger partial charge in [0.15, 0.2) is 5.60 Å². The van der Waals surface area contributed by atoms with E-state index in [9.17, 15) is 0 Å². The molecule has 1 saturated heterocycles. The molecule has 0 N–H and O–H groups in total. The van der Waals surface area contributed by atoms with Crippen molar-refractivity contribution in [3.05, 3.63) is 0 Å². The number of terminal acetylenes is 1. The zero-order valence-corrected chi connectivity index (χ0v) is 8.62. The lowest BCUT2D eigenvalue weighted by Gasteiger charge is -2.35. The number of methoxy groups -OCH3 is 1. The summed E-state index contributed by atoms with van der Waals surface area (Å²) in [5.41, 5.74) is -0.549. The second-order valence-electron chi connectivity index (χ2n) is 3.61. The summed E-state index contributed by atoms with van der Waals surface area (Å²) in [5, 5.41) is 8.98. The molecule has 1 aliphatic rings. The number of nitrogens with zero attached hydrogens (tertiary/aromatic N) is 2. The molecule has 0 radical (unpaired) electrons. The highest BCUT2D eigenvalue weighted by atomic mass is 16.5. The first-order valence-corrected chi connectivity index (χ1v) is 4.88. The van der Waals surface area contributed by atoms with Crippen LogP contribution < -0.4 is 0 Å². The van der Waals surface area contributed by atoms with Gasteiger partial charge in [0.05, 0.1) is 6.07 Å². The topological polar surface area (TPSA) is 36.3 Å². The predicted molar refractivity (Wildman–Crippen MR) is 54.5 cm³/mol. The van der Waals surface area contributed by atoms with Gasteiger partial charge in [-0.3, -0.25) is 0 Å². The molecule has 1 rings (SSSR count). The van der Waals surface area contributed by atoms with Crippen molar-refractivity contribution in [3.8, 4) is 18.4 Å². The summed E-state index contributed by atoms with van der Waals surface area (Å²) in [7, 11) is 1.61. The Kier molecular flexibility index (Phi) is 3.95. The normalized spacial score (nSPS) is 21.1. The number of ether oxygens (including phenoxy) is 1. The van der Waals surface area contributed by atoms with E-state index in [1.54, 1.807) is 7.11 Å². The average molecular weight is 192 g/mol. The molecule has 0 aromatic rings. The van der Waals surface area contributed by atoms with Crippen molar-refractivity contribution in [2.45, 2.75) is 24.9 Å². The van der Waals surface area contributed by atoms with Crippen LogP contribution in [0.2, 0.25) is 0 Å². The Hall–Kier alpha value is -1.03. The van der Waals surface area contributed by atoms with Crippen LogP contribution in [0.3, 0.4) is 0 Å². The summed E-state index contributed by atoms with van der Waals surface area (Å²) in [6.45, 7) is 2.74. The van der Waals surface area contributed by atoms with Crippen molar-refractivity contribution in [2.24, 2.45) is 0 Å². The van der Waals surface area contributed by atoms with Gasteiger partial charge in [0.2, 0.25) is 0 Å². The van der Waals surface area contributed by atoms with Gasteiger partial charge in [-0.05, 0) is 0 Å². The Bertz CT molecular complexity index is 253. The minimum atomic E-state index is -0.549. The van der Waals surface area contributed by atoms with Crippen LogP contribution in [0, 0.1) is 23.7 Å². The Balaban J connectivity index is 2.39. The van der Waals surface area contributed by atoms with Crippen molar-refractivity contribution in [1.82, 2.24) is 4.90 Å². The number of likely N-dealkylation sites (tertiary alicyclic amines) is 1. The zero-order chi connectivity index (χ0) is 10.4. The first kappa shape index (κ1) is 11.0. The Morgan fingerprint density at radius 3 is 2.57 bits per heavy atom. The molecule has 0 saturated carbocycles. The third kappa shape index (κ3) is 2.48. The van der Waals surface area contributed by atoms with E-state index in [0.717, 1.165) is 38.9 Å². The largest absolute Gasteiger partial charge is 0.363 e. The van der Waals surface area contributed by atoms with E-state index in [2.05, 4.69) is 16.9 Å². The number of hydrogen-bond donors (Lipinski definition) is 0. The van der Waals surface area contributed by atoms with Crippen LogP contribution in [-0.4, -0.2) is 37.2 Å². The van der Waals surface area contributed by atoms with Crippen molar-refractivity contribution >= 4 is 0 Å². The monoisotopic (exact) mass is 192 g/mol. The van der Waals surface area contributed by atoms with Gasteiger partial charge in [-0.15, -0.1) is 12.3 Å². The van der Waals surface area contributed by atoms with Crippen LogP contribution in [-0.2, 0) is 4.74 Å². The predicted octanol–water partition coefficient (Wildman–Crippen LogP) is 1.01. The van der Waals surface area contributed by atoms with Gasteiger partial charge in [-0.1, -0.05) is 0 Å². The highest BCUT2D eigenvalue weighted by Gasteiger charge is 2.34. The molecule has 14 heavy (non-hydrogen) atoms. The summed E-state index contributed by atoms with van der Waals surface area (Å²) in [4.78, 5) is 2.29. The Morgan fingerprint density at radius 2 is 2.14 bits per heavy atom. The standard InChI is InChI=1S/C11H16N2O/c1-3-4-7-13-8-5-11(10-12,14-2)6-9-13/h1H,4-9H2,2H3. The molecule has 3 heteroatoms. The summed E-state index contributed by atoms with van der Waals surface area (Å²) in [6.07, 6.45) is 7.55. The lowest BCUT2D eigenvalue weighted by molar-refractivity contribution is -0.0134. The minimum Gasteiger partial charge on any atom is -0.363 e. The van der Waals surface area contributed by atoms with E-state index in [1.165, 1.54) is 0 Å². The summed E-state index contributed by atoms with van der Waals surface area (Å²) >= 11 is 0. The second kappa shape index (κ2) is 5.00. The molecule has 0 aromatic carbocycles. The number of rotatable bonds is 3. The molecule has 1 heterocycles. The molecule has 0 amide bonds. The molecule has 1 fully saturated rings. The highest BCUT2D eigenvalue weighted by molar-refractivity contribution is 5.04. The second-order valence-corrected chi connectivity index (χ2v) is 3.61. The zero-order valence-electron chi connectivity index (χ0n) is 8.62. The maximum atomic E-state index is 8.98. The lowest BCUT2D eigenvalue weighted by atomic mass is 9.93. The molecule has 3 nitrogen and oxygen atoms in total. The van der Waals surface area contributed by atoms with Crippen LogP contribution in [0.5, 0.6) is 0 Å². The molecule has 1 aliphatic heterocycles. The van der Waals surface area contributed by atoms with Gasteiger partial charge >= 0.3 is 0 Å². The van der Waals surface area contributed by atoms with Crippen LogP contribution in [0.4, 0.5) is 0 Å². The molecule has 0 aliphatic carbocycles. The van der Waals surface area contributed by atoms with Crippen molar-refractivity contribution in [1.29, 1.82) is 5.26 Å². The third-order valence-electron chi connectivity index (χ3n) is 2.83. The van der Waals surface area contributed by atoms with Gasteiger partial charge in [0, 0.05) is 46.0 Å². The van der Waals surface area contributed by atoms with Crippen LogP contribution in [0.1, 0.15) is 19.3 Å². The maximum absolute atomic E-state index is 8.98. The first-order valence-electron chi connectivity index (χ1n) is 4.88. The minimum absolute atomic E-state index is 0.549. The Labute approximate surface area is 85.6 Å². The van der Waals surface area contributed by atoms with Crippen LogP contribution >= 0.6 is 0 Å². The van der Waals surface area contributed by atoms with E-state index in [0.29, 0.717) is 0 Å². The molecule has 0 unspecified atom stereocenters. The number of nitriles is 1. The molecule has 0 bridgehead atoms. The molecular formula is C11H16N2O. The van der Waals surface area contributed by atoms with Gasteiger partial charge in [-0.25, -0.2) is 0 Å². The molecule has 0 aromatic heterocycles. The van der Waals surface area contributed by atoms with E-state index in [1.807, 2.05) is 0 Å².